The summed E-state index contributed by atoms with van der Waals surface area (Å²) in [5.41, 5.74) is 1.41. The molecule has 23 heavy (non-hydrogen) atoms. The third kappa shape index (κ3) is 2.50. The van der Waals surface area contributed by atoms with Crippen molar-refractivity contribution in [2.45, 2.75) is 13.5 Å². The summed E-state index contributed by atoms with van der Waals surface area (Å²) in [5, 5.41) is 15.9. The van der Waals surface area contributed by atoms with Gasteiger partial charge in [0.2, 0.25) is 5.91 Å². The number of hydrogen-bond acceptors (Lipinski definition) is 5. The Kier molecular flexibility index (Phi) is 3.47. The van der Waals surface area contributed by atoms with Crippen molar-refractivity contribution in [2.75, 3.05) is 20.1 Å². The first-order chi connectivity index (χ1) is 10.9. The van der Waals surface area contributed by atoms with Gasteiger partial charge in [-0.1, -0.05) is 0 Å². The highest BCUT2D eigenvalue weighted by molar-refractivity contribution is 6.01. The summed E-state index contributed by atoms with van der Waals surface area (Å²) < 4.78 is 1.66. The summed E-state index contributed by atoms with van der Waals surface area (Å²) in [5.74, 6) is -0.235. The third-order valence-electron chi connectivity index (χ3n) is 3.90. The molecule has 0 unspecified atom stereocenters. The van der Waals surface area contributed by atoms with Crippen molar-refractivity contribution in [3.05, 3.63) is 34.0 Å². The van der Waals surface area contributed by atoms with Crippen LogP contribution in [0.4, 0.5) is 10.5 Å². The summed E-state index contributed by atoms with van der Waals surface area (Å²) in [6, 6.07) is 4.21. The first-order valence-corrected chi connectivity index (χ1v) is 7.05. The smallest absolute Gasteiger partial charge is 0.318 e. The average molecular weight is 317 g/mol. The minimum Gasteiger partial charge on any atom is -0.318 e. The van der Waals surface area contributed by atoms with Gasteiger partial charge >= 0.3 is 6.03 Å². The van der Waals surface area contributed by atoms with Crippen LogP contribution >= 0.6 is 0 Å². The second-order valence-electron chi connectivity index (χ2n) is 5.45. The number of carbonyl (C=O) groups excluding carboxylic acids is 2. The fourth-order valence-electron chi connectivity index (χ4n) is 2.70. The number of carbonyl (C=O) groups is 2. The minimum atomic E-state index is -0.451. The molecule has 1 aliphatic rings. The van der Waals surface area contributed by atoms with E-state index in [1.165, 1.54) is 21.9 Å². The zero-order valence-corrected chi connectivity index (χ0v) is 12.7. The van der Waals surface area contributed by atoms with E-state index < -0.39 is 4.92 Å². The number of urea groups is 1. The number of nitrogens with zero attached hydrogens (tertiary/aromatic N) is 5. The number of rotatable bonds is 4. The Labute approximate surface area is 131 Å². The molecule has 9 heteroatoms. The highest BCUT2D eigenvalue weighted by Gasteiger charge is 2.33. The number of amides is 3. The zero-order valence-electron chi connectivity index (χ0n) is 12.7. The van der Waals surface area contributed by atoms with Gasteiger partial charge in [-0.2, -0.15) is 5.10 Å². The molecular weight excluding hydrogens is 302 g/mol. The van der Waals surface area contributed by atoms with Gasteiger partial charge in [-0.05, 0) is 13.0 Å². The molecule has 0 bridgehead atoms. The van der Waals surface area contributed by atoms with Crippen LogP contribution < -0.4 is 0 Å². The lowest BCUT2D eigenvalue weighted by Crippen LogP contribution is -2.34. The van der Waals surface area contributed by atoms with Crippen molar-refractivity contribution in [1.29, 1.82) is 0 Å². The van der Waals surface area contributed by atoms with Crippen LogP contribution in [0.25, 0.3) is 10.9 Å². The Morgan fingerprint density at radius 3 is 2.65 bits per heavy atom. The molecule has 0 radical (unpaired) electrons. The predicted molar refractivity (Wildman–Crippen MR) is 80.9 cm³/mol. The summed E-state index contributed by atoms with van der Waals surface area (Å²) in [6.07, 6.45) is 0. The molecule has 0 saturated carbocycles. The van der Waals surface area contributed by atoms with E-state index in [1.54, 1.807) is 24.7 Å². The topological polar surface area (TPSA) is 102 Å². The number of hydrogen-bond donors (Lipinski definition) is 0. The van der Waals surface area contributed by atoms with E-state index in [9.17, 15) is 19.7 Å². The van der Waals surface area contributed by atoms with Gasteiger partial charge < -0.3 is 4.90 Å². The number of nitro benzene ring substituents is 1. The number of benzene rings is 1. The Hall–Kier alpha value is -2.97. The van der Waals surface area contributed by atoms with Crippen LogP contribution in [0, 0.1) is 17.0 Å². The molecule has 9 nitrogen and oxygen atoms in total. The van der Waals surface area contributed by atoms with E-state index in [2.05, 4.69) is 5.10 Å². The van der Waals surface area contributed by atoms with E-state index in [1.807, 2.05) is 0 Å². The Balaban J connectivity index is 1.85. The van der Waals surface area contributed by atoms with E-state index in [4.69, 9.17) is 0 Å². The molecule has 2 heterocycles. The summed E-state index contributed by atoms with van der Waals surface area (Å²) in [7, 11) is 1.58. The average Bonchev–Trinajstić information content (AvgIpc) is 2.94. The van der Waals surface area contributed by atoms with Crippen molar-refractivity contribution in [2.24, 2.45) is 0 Å². The molecule has 3 amide bonds. The molecule has 0 aliphatic carbocycles. The van der Waals surface area contributed by atoms with Gasteiger partial charge in [0.1, 0.15) is 6.54 Å². The third-order valence-corrected chi connectivity index (χ3v) is 3.90. The molecule has 1 saturated heterocycles. The Morgan fingerprint density at radius 1 is 1.30 bits per heavy atom. The number of fused-ring (bicyclic) bond motifs is 1. The van der Waals surface area contributed by atoms with Gasteiger partial charge in [0.25, 0.3) is 5.69 Å². The highest BCUT2D eigenvalue weighted by atomic mass is 16.6. The maximum atomic E-state index is 11.9. The van der Waals surface area contributed by atoms with Gasteiger partial charge in [0, 0.05) is 24.6 Å². The number of likely N-dealkylation sites (N-methyl/N-ethyl adjacent to an activating group) is 1. The van der Waals surface area contributed by atoms with Gasteiger partial charge in [-0.15, -0.1) is 0 Å². The van der Waals surface area contributed by atoms with E-state index in [0.29, 0.717) is 17.6 Å². The van der Waals surface area contributed by atoms with Crippen molar-refractivity contribution in [3.63, 3.8) is 0 Å². The summed E-state index contributed by atoms with van der Waals surface area (Å²) >= 11 is 0. The van der Waals surface area contributed by atoms with Crippen LogP contribution in [-0.4, -0.2) is 56.6 Å². The molecule has 3 rings (SSSR count). The molecule has 0 atom stereocenters. The van der Waals surface area contributed by atoms with Gasteiger partial charge in [-0.3, -0.25) is 24.5 Å². The second kappa shape index (κ2) is 5.34. The van der Waals surface area contributed by atoms with Crippen molar-refractivity contribution >= 4 is 28.5 Å². The molecule has 120 valence electrons. The lowest BCUT2D eigenvalue weighted by molar-refractivity contribution is -0.384. The maximum absolute atomic E-state index is 11.9. The van der Waals surface area contributed by atoms with Crippen molar-refractivity contribution in [3.8, 4) is 0 Å². The lowest BCUT2D eigenvalue weighted by atomic mass is 10.2. The van der Waals surface area contributed by atoms with E-state index in [0.717, 1.165) is 5.52 Å². The Bertz CT molecular complexity index is 828. The van der Waals surface area contributed by atoms with Crippen LogP contribution in [0.3, 0.4) is 0 Å². The second-order valence-corrected chi connectivity index (χ2v) is 5.45. The lowest BCUT2D eigenvalue weighted by Gasteiger charge is -2.14. The first kappa shape index (κ1) is 14.9. The monoisotopic (exact) mass is 317 g/mol. The summed E-state index contributed by atoms with van der Waals surface area (Å²) in [4.78, 5) is 36.6. The number of non-ortho nitro benzene ring substituents is 1. The number of imide groups is 1. The molecule has 1 aromatic carbocycles. The highest BCUT2D eigenvalue weighted by Crippen LogP contribution is 2.23. The molecule has 0 spiro atoms. The molecule has 1 aliphatic heterocycles. The predicted octanol–water partition coefficient (Wildman–Crippen LogP) is 1.15. The fourth-order valence-corrected chi connectivity index (χ4v) is 2.70. The van der Waals surface area contributed by atoms with Crippen LogP contribution in [0.2, 0.25) is 0 Å². The van der Waals surface area contributed by atoms with Gasteiger partial charge in [-0.25, -0.2) is 4.79 Å². The quantitative estimate of drug-likeness (QED) is 0.478. The summed E-state index contributed by atoms with van der Waals surface area (Å²) in [6.45, 7) is 2.41. The van der Waals surface area contributed by atoms with Crippen LogP contribution in [0.1, 0.15) is 5.69 Å². The molecule has 2 aromatic rings. The van der Waals surface area contributed by atoms with Crippen LogP contribution in [0.5, 0.6) is 0 Å². The van der Waals surface area contributed by atoms with Crippen molar-refractivity contribution in [1.82, 2.24) is 19.6 Å². The molecule has 0 N–H and O–H groups in total. The normalized spacial score (nSPS) is 15.0. The van der Waals surface area contributed by atoms with Gasteiger partial charge in [0.15, 0.2) is 0 Å². The standard InChI is InChI=1S/C14H15N5O4/c1-9-11-7-10(19(22)23)3-4-12(11)18(15-9)6-5-17-13(20)8-16(2)14(17)21/h3-4,7H,5-6,8H2,1-2H3. The van der Waals surface area contributed by atoms with Crippen LogP contribution in [-0.2, 0) is 11.3 Å². The van der Waals surface area contributed by atoms with Gasteiger partial charge in [0.05, 0.1) is 29.2 Å². The minimum absolute atomic E-state index is 0.00618. The molecule has 1 aromatic heterocycles. The van der Waals surface area contributed by atoms with Crippen LogP contribution in [0.15, 0.2) is 18.2 Å². The Morgan fingerprint density at radius 2 is 2.04 bits per heavy atom. The number of nitro groups is 1. The molecule has 1 fully saturated rings. The van der Waals surface area contributed by atoms with E-state index in [-0.39, 0.29) is 30.7 Å². The fraction of sp³-hybridized carbons (Fsp3) is 0.357. The largest absolute Gasteiger partial charge is 0.327 e. The molecular formula is C14H15N5O4. The van der Waals surface area contributed by atoms with Crippen molar-refractivity contribution < 1.29 is 14.5 Å². The van der Waals surface area contributed by atoms with E-state index >= 15 is 0 Å². The number of aromatic nitrogens is 2. The first-order valence-electron chi connectivity index (χ1n) is 7.05. The maximum Gasteiger partial charge on any atom is 0.327 e. The number of aryl methyl sites for hydroxylation is 1. The SMILES string of the molecule is Cc1nn(CCN2C(=O)CN(C)C2=O)c2ccc([N+](=O)[O-])cc12. The zero-order chi connectivity index (χ0) is 16.7.